The van der Waals surface area contributed by atoms with Gasteiger partial charge in [0.1, 0.15) is 5.41 Å². The lowest BCUT2D eigenvalue weighted by Crippen LogP contribution is -2.66. The molecular formula is C13H10ClIN2O3. The molecular weight excluding hydrogens is 395 g/mol. The lowest BCUT2D eigenvalue weighted by molar-refractivity contribution is -0.148. The number of amides is 4. The third-order valence-corrected chi connectivity index (χ3v) is 4.93. The first-order chi connectivity index (χ1) is 9.45. The Balaban J connectivity index is 2.05. The van der Waals surface area contributed by atoms with Gasteiger partial charge in [0.25, 0.3) is 5.91 Å². The Bertz CT molecular complexity index is 643. The van der Waals surface area contributed by atoms with Crippen molar-refractivity contribution in [1.82, 2.24) is 5.32 Å². The van der Waals surface area contributed by atoms with Crippen LogP contribution in [0, 0.1) is 8.99 Å². The maximum atomic E-state index is 12.6. The minimum absolute atomic E-state index is 0.433. The van der Waals surface area contributed by atoms with Crippen LogP contribution in [0.5, 0.6) is 0 Å². The summed E-state index contributed by atoms with van der Waals surface area (Å²) >= 11 is 7.90. The van der Waals surface area contributed by atoms with Crippen molar-refractivity contribution >= 4 is 57.7 Å². The molecule has 1 saturated heterocycles. The fourth-order valence-corrected chi connectivity index (χ4v) is 3.64. The predicted octanol–water partition coefficient (Wildman–Crippen LogP) is 2.70. The molecule has 104 valence electrons. The summed E-state index contributed by atoms with van der Waals surface area (Å²) in [5.41, 5.74) is -0.604. The van der Waals surface area contributed by atoms with Gasteiger partial charge in [0.05, 0.1) is 5.69 Å². The Morgan fingerprint density at radius 2 is 1.95 bits per heavy atom. The lowest BCUT2D eigenvalue weighted by Gasteiger charge is -2.44. The van der Waals surface area contributed by atoms with Gasteiger partial charge in [0.2, 0.25) is 5.91 Å². The van der Waals surface area contributed by atoms with Crippen molar-refractivity contribution in [3.63, 3.8) is 0 Å². The molecule has 1 heterocycles. The maximum Gasteiger partial charge on any atom is 0.335 e. The van der Waals surface area contributed by atoms with Crippen molar-refractivity contribution in [2.45, 2.75) is 19.3 Å². The molecule has 2 fully saturated rings. The van der Waals surface area contributed by atoms with E-state index in [4.69, 9.17) is 11.6 Å². The minimum atomic E-state index is -1.06. The number of imide groups is 2. The molecule has 1 aromatic carbocycles. The fraction of sp³-hybridized carbons (Fsp3) is 0.308. The van der Waals surface area contributed by atoms with Crippen molar-refractivity contribution in [2.75, 3.05) is 4.90 Å². The Morgan fingerprint density at radius 1 is 1.25 bits per heavy atom. The second-order valence-corrected chi connectivity index (χ2v) is 6.53. The van der Waals surface area contributed by atoms with Gasteiger partial charge in [-0.3, -0.25) is 14.9 Å². The molecule has 0 radical (unpaired) electrons. The summed E-state index contributed by atoms with van der Waals surface area (Å²) in [4.78, 5) is 37.6. The smallest absolute Gasteiger partial charge is 0.276 e. The first-order valence-electron chi connectivity index (χ1n) is 6.11. The molecule has 1 saturated carbocycles. The van der Waals surface area contributed by atoms with Gasteiger partial charge in [0, 0.05) is 8.59 Å². The number of hydrogen-bond acceptors (Lipinski definition) is 3. The van der Waals surface area contributed by atoms with Crippen molar-refractivity contribution in [3.8, 4) is 0 Å². The molecule has 0 unspecified atom stereocenters. The highest BCUT2D eigenvalue weighted by molar-refractivity contribution is 14.1. The van der Waals surface area contributed by atoms with E-state index in [1.165, 1.54) is 0 Å². The monoisotopic (exact) mass is 404 g/mol. The number of anilines is 1. The highest BCUT2D eigenvalue weighted by atomic mass is 127. The van der Waals surface area contributed by atoms with Crippen molar-refractivity contribution in [3.05, 3.63) is 26.8 Å². The molecule has 1 spiro atoms. The van der Waals surface area contributed by atoms with Crippen LogP contribution in [-0.2, 0) is 9.59 Å². The fourth-order valence-electron chi connectivity index (χ4n) is 2.53. The summed E-state index contributed by atoms with van der Waals surface area (Å²) in [6, 6.07) is 4.20. The third-order valence-electron chi connectivity index (χ3n) is 3.83. The standard InChI is InChI=1S/C13H10ClIN2O3/c14-7-2-3-9(8(15)6-7)17-11(19)13(4-1-5-13)10(18)16-12(17)20/h2-3,6H,1,4-5H2,(H,16,18,20). The first kappa shape index (κ1) is 13.8. The number of benzene rings is 1. The van der Waals surface area contributed by atoms with Gasteiger partial charge in [0.15, 0.2) is 0 Å². The van der Waals surface area contributed by atoms with Crippen LogP contribution in [0.3, 0.4) is 0 Å². The van der Waals surface area contributed by atoms with Crippen LogP contribution in [0.2, 0.25) is 5.02 Å². The van der Waals surface area contributed by atoms with E-state index in [0.717, 1.165) is 11.3 Å². The second-order valence-electron chi connectivity index (χ2n) is 4.93. The number of barbiturate groups is 1. The molecule has 1 N–H and O–H groups in total. The highest BCUT2D eigenvalue weighted by Gasteiger charge is 2.57. The van der Waals surface area contributed by atoms with Gasteiger partial charge in [-0.1, -0.05) is 18.0 Å². The zero-order valence-corrected chi connectivity index (χ0v) is 13.2. The molecule has 20 heavy (non-hydrogen) atoms. The summed E-state index contributed by atoms with van der Waals surface area (Å²) in [6.07, 6.45) is 1.80. The van der Waals surface area contributed by atoms with Crippen LogP contribution in [0.15, 0.2) is 18.2 Å². The van der Waals surface area contributed by atoms with E-state index in [-0.39, 0.29) is 0 Å². The van der Waals surface area contributed by atoms with E-state index in [2.05, 4.69) is 5.32 Å². The number of halogens is 2. The molecule has 0 bridgehead atoms. The lowest BCUT2D eigenvalue weighted by atomic mass is 9.66. The average Bonchev–Trinajstić information content (AvgIpc) is 2.29. The van der Waals surface area contributed by atoms with Crippen molar-refractivity contribution in [2.24, 2.45) is 5.41 Å². The first-order valence-corrected chi connectivity index (χ1v) is 7.56. The molecule has 5 nitrogen and oxygen atoms in total. The normalized spacial score (nSPS) is 20.9. The molecule has 0 aromatic heterocycles. The number of rotatable bonds is 1. The van der Waals surface area contributed by atoms with E-state index in [1.54, 1.807) is 18.2 Å². The predicted molar refractivity (Wildman–Crippen MR) is 81.5 cm³/mol. The number of carbonyl (C=O) groups excluding carboxylic acids is 3. The summed E-state index contributed by atoms with van der Waals surface area (Å²) < 4.78 is 0.683. The van der Waals surface area contributed by atoms with Crippen LogP contribution in [0.25, 0.3) is 0 Å². The van der Waals surface area contributed by atoms with E-state index in [1.807, 2.05) is 22.6 Å². The van der Waals surface area contributed by atoms with E-state index >= 15 is 0 Å². The van der Waals surface area contributed by atoms with Gasteiger partial charge in [-0.25, -0.2) is 9.69 Å². The third kappa shape index (κ3) is 1.85. The van der Waals surface area contributed by atoms with E-state index in [0.29, 0.717) is 27.1 Å². The van der Waals surface area contributed by atoms with Crippen LogP contribution in [0.1, 0.15) is 19.3 Å². The number of nitrogens with one attached hydrogen (secondary N) is 1. The molecule has 1 aliphatic carbocycles. The van der Waals surface area contributed by atoms with Gasteiger partial charge < -0.3 is 0 Å². The number of carbonyl (C=O) groups is 3. The van der Waals surface area contributed by atoms with Gasteiger partial charge in [-0.15, -0.1) is 0 Å². The summed E-state index contributed by atoms with van der Waals surface area (Å²) in [7, 11) is 0. The quantitative estimate of drug-likeness (QED) is 0.578. The Kier molecular flexibility index (Phi) is 3.24. The molecule has 2 aliphatic rings. The molecule has 1 aromatic rings. The Hall–Kier alpha value is -1.15. The van der Waals surface area contributed by atoms with Crippen LogP contribution in [-0.4, -0.2) is 17.8 Å². The molecule has 0 atom stereocenters. The highest BCUT2D eigenvalue weighted by Crippen LogP contribution is 2.45. The number of nitrogens with zero attached hydrogens (tertiary/aromatic N) is 1. The van der Waals surface area contributed by atoms with Crippen LogP contribution < -0.4 is 10.2 Å². The number of urea groups is 1. The average molecular weight is 405 g/mol. The van der Waals surface area contributed by atoms with E-state index in [9.17, 15) is 14.4 Å². The van der Waals surface area contributed by atoms with Crippen LogP contribution in [0.4, 0.5) is 10.5 Å². The molecule has 7 heteroatoms. The summed E-state index contributed by atoms with van der Waals surface area (Å²) in [5, 5.41) is 2.81. The maximum absolute atomic E-state index is 12.6. The molecule has 3 rings (SSSR count). The second kappa shape index (κ2) is 4.70. The zero-order valence-electron chi connectivity index (χ0n) is 10.3. The number of hydrogen-bond donors (Lipinski definition) is 1. The van der Waals surface area contributed by atoms with Gasteiger partial charge in [-0.05, 0) is 53.6 Å². The van der Waals surface area contributed by atoms with Crippen molar-refractivity contribution < 1.29 is 14.4 Å². The summed E-state index contributed by atoms with van der Waals surface area (Å²) in [5.74, 6) is -0.906. The Labute approximate surface area is 133 Å². The largest absolute Gasteiger partial charge is 0.335 e. The van der Waals surface area contributed by atoms with Crippen LogP contribution >= 0.6 is 34.2 Å². The van der Waals surface area contributed by atoms with E-state index < -0.39 is 23.3 Å². The van der Waals surface area contributed by atoms with Gasteiger partial charge >= 0.3 is 6.03 Å². The summed E-state index contributed by atoms with van der Waals surface area (Å²) in [6.45, 7) is 0. The SMILES string of the molecule is O=C1NC(=O)C2(CCC2)C(=O)N1c1ccc(Cl)cc1I. The van der Waals surface area contributed by atoms with Crippen molar-refractivity contribution in [1.29, 1.82) is 0 Å². The van der Waals surface area contributed by atoms with Gasteiger partial charge in [-0.2, -0.15) is 0 Å². The topological polar surface area (TPSA) is 66.5 Å². The molecule has 4 amide bonds. The Morgan fingerprint density at radius 3 is 2.50 bits per heavy atom. The minimum Gasteiger partial charge on any atom is -0.276 e. The molecule has 1 aliphatic heterocycles. The zero-order chi connectivity index (χ0) is 14.5.